The van der Waals surface area contributed by atoms with Crippen molar-refractivity contribution in [3.63, 3.8) is 0 Å². The van der Waals surface area contributed by atoms with E-state index >= 15 is 0 Å². The fraction of sp³-hybridized carbons (Fsp3) is 0.804. The van der Waals surface area contributed by atoms with Gasteiger partial charge in [0, 0.05) is 56.7 Å². The molecule has 72 heavy (non-hydrogen) atoms. The van der Waals surface area contributed by atoms with Crippen LogP contribution < -0.4 is 20.1 Å². The highest BCUT2D eigenvalue weighted by atomic mass is 16.8. The molecule has 21 nitrogen and oxygen atoms in total. The van der Waals surface area contributed by atoms with Gasteiger partial charge in [-0.15, -0.1) is 0 Å². The average Bonchev–Trinajstić information content (AvgIpc) is 3.64. The Morgan fingerprint density at radius 3 is 2.19 bits per heavy atom. The number of likely N-dealkylation sites (N-methyl/N-ethyl adjacent to an activating group) is 2. The number of esters is 1. The molecule has 410 valence electrons. The SMILES string of the molecule is CC[C@H]1OC(=O)[C@H](C)[C@@H](O[C@H]2C[C@@](C)(OC)[C@@H](OC(=O)NCCNC(=O)c3ccc(OC)c(OC)c3)[C@H](C)O2)[C@H](C)[C@@H](O[C@@H]2O[C@H](C)C[C@H](N(C)C)[C@H]2O)[C@](C)(O)C[C@@H](C)CN(C)[C@H](C)[C@H]2OC(=O)O[C@@]21C. The Bertz CT molecular complexity index is 2000. The number of nitrogens with one attached hydrogen (secondary N) is 2. The first-order valence-corrected chi connectivity index (χ1v) is 25.2. The summed E-state index contributed by atoms with van der Waals surface area (Å²) in [6.07, 6.45) is -10.1. The van der Waals surface area contributed by atoms with Gasteiger partial charge in [0.05, 0.1) is 50.2 Å². The van der Waals surface area contributed by atoms with E-state index < -0.39 is 108 Å². The van der Waals surface area contributed by atoms with Crippen LogP contribution in [0.15, 0.2) is 18.2 Å². The first-order valence-electron chi connectivity index (χ1n) is 25.2. The van der Waals surface area contributed by atoms with Crippen molar-refractivity contribution in [2.24, 2.45) is 17.8 Å². The van der Waals surface area contributed by atoms with Crippen LogP contribution >= 0.6 is 0 Å². The molecule has 2 amide bonds. The molecular formula is C51H84N4O17. The summed E-state index contributed by atoms with van der Waals surface area (Å²) in [5.74, 6) is -2.28. The summed E-state index contributed by atoms with van der Waals surface area (Å²) in [5.41, 5.74) is -3.85. The standard InChI is InChI=1S/C51H84N4O17/c1-17-37-51(10)42(71-48(60)72-51)31(6)55(13)26-27(2)24-49(8,61)41(69-46-39(56)34(54(11)12)22-28(3)65-46)29(4)40(30(5)45(58)67-37)68-38-25-50(9,64-16)43(32(7)66-38)70-47(59)53-21-20-52-44(57)33-18-19-35(62-14)36(23-33)63-15/h18-19,23,27-32,34,37-43,46,56,61H,17,20-22,24-26H2,1-16H3,(H,52,57)(H,53,59)/t27-,28-,29+,30-,31-,32+,34+,37-,38+,39-,40+,41-,42-,43+,46+,49-,50-,51-/m1/s1. The Morgan fingerprint density at radius 1 is 0.903 bits per heavy atom. The lowest BCUT2D eigenvalue weighted by molar-refractivity contribution is -0.317. The van der Waals surface area contributed by atoms with Gasteiger partial charge in [-0.3, -0.25) is 14.5 Å². The van der Waals surface area contributed by atoms with E-state index in [-0.39, 0.29) is 56.3 Å². The fourth-order valence-corrected chi connectivity index (χ4v) is 11.1. The topological polar surface area (TPSA) is 241 Å². The summed E-state index contributed by atoms with van der Waals surface area (Å²) in [4.78, 5) is 57.8. The van der Waals surface area contributed by atoms with Crippen LogP contribution in [0.25, 0.3) is 0 Å². The Kier molecular flexibility index (Phi) is 20.0. The molecule has 5 rings (SSSR count). The van der Waals surface area contributed by atoms with Crippen molar-refractivity contribution < 1.29 is 81.5 Å². The maximum atomic E-state index is 14.8. The second kappa shape index (κ2) is 24.5. The number of aliphatic hydroxyl groups excluding tert-OH is 1. The summed E-state index contributed by atoms with van der Waals surface area (Å²) in [7, 11) is 10.1. The van der Waals surface area contributed by atoms with Crippen LogP contribution in [0.5, 0.6) is 11.5 Å². The predicted molar refractivity (Wildman–Crippen MR) is 261 cm³/mol. The van der Waals surface area contributed by atoms with E-state index in [0.29, 0.717) is 30.0 Å². The molecule has 4 fully saturated rings. The number of methoxy groups -OCH3 is 3. The quantitative estimate of drug-likeness (QED) is 0.116. The molecule has 4 aliphatic rings. The normalized spacial score (nSPS) is 39.3. The highest BCUT2D eigenvalue weighted by Crippen LogP contribution is 2.42. The van der Waals surface area contributed by atoms with Crippen LogP contribution in [-0.2, 0) is 47.4 Å². The van der Waals surface area contributed by atoms with Crippen LogP contribution in [0.4, 0.5) is 9.59 Å². The summed E-state index contributed by atoms with van der Waals surface area (Å²) in [5, 5.41) is 30.0. The zero-order chi connectivity index (χ0) is 53.6. The number of carbonyl (C=O) groups is 4. The molecule has 1 aromatic rings. The zero-order valence-electron chi connectivity index (χ0n) is 45.3. The third-order valence-electron chi connectivity index (χ3n) is 15.2. The van der Waals surface area contributed by atoms with Crippen molar-refractivity contribution in [3.8, 4) is 11.5 Å². The van der Waals surface area contributed by atoms with Gasteiger partial charge < -0.3 is 77.9 Å². The minimum absolute atomic E-state index is 0.0123. The van der Waals surface area contributed by atoms with Crippen molar-refractivity contribution in [2.75, 3.05) is 62.1 Å². The maximum absolute atomic E-state index is 14.8. The number of ether oxygens (including phenoxy) is 11. The Morgan fingerprint density at radius 2 is 1.57 bits per heavy atom. The van der Waals surface area contributed by atoms with Gasteiger partial charge in [0.25, 0.3) is 5.91 Å². The van der Waals surface area contributed by atoms with Gasteiger partial charge in [0.2, 0.25) is 0 Å². The number of aliphatic hydroxyl groups is 2. The van der Waals surface area contributed by atoms with Crippen molar-refractivity contribution in [1.29, 1.82) is 0 Å². The Balaban J connectivity index is 1.42. The number of cyclic esters (lactones) is 1. The molecule has 4 saturated heterocycles. The van der Waals surface area contributed by atoms with E-state index in [2.05, 4.69) is 10.6 Å². The highest BCUT2D eigenvalue weighted by molar-refractivity contribution is 5.94. The second-order valence-corrected chi connectivity index (χ2v) is 21.2. The maximum Gasteiger partial charge on any atom is 0.509 e. The fourth-order valence-electron chi connectivity index (χ4n) is 11.1. The van der Waals surface area contributed by atoms with Gasteiger partial charge in [-0.2, -0.15) is 0 Å². The summed E-state index contributed by atoms with van der Waals surface area (Å²) >= 11 is 0. The van der Waals surface area contributed by atoms with Gasteiger partial charge in [0.1, 0.15) is 17.8 Å². The van der Waals surface area contributed by atoms with Gasteiger partial charge in [0.15, 0.2) is 41.9 Å². The van der Waals surface area contributed by atoms with Crippen molar-refractivity contribution >= 4 is 24.1 Å². The summed E-state index contributed by atoms with van der Waals surface area (Å²) in [6.45, 7) is 18.5. The molecule has 0 bridgehead atoms. The van der Waals surface area contributed by atoms with Gasteiger partial charge >= 0.3 is 18.2 Å². The van der Waals surface area contributed by atoms with Crippen LogP contribution in [0.1, 0.15) is 105 Å². The van der Waals surface area contributed by atoms with Gasteiger partial charge in [-0.1, -0.05) is 20.8 Å². The largest absolute Gasteiger partial charge is 0.509 e. The number of fused-ring (bicyclic) bond motifs is 1. The first-order chi connectivity index (χ1) is 33.7. The predicted octanol–water partition coefficient (Wildman–Crippen LogP) is 4.26. The van der Waals surface area contributed by atoms with E-state index in [1.807, 2.05) is 65.6 Å². The number of benzene rings is 1. The van der Waals surface area contributed by atoms with Crippen LogP contribution in [0, 0.1) is 17.8 Å². The third-order valence-corrected chi connectivity index (χ3v) is 15.2. The number of rotatable bonds is 14. The molecule has 0 spiro atoms. The molecule has 18 atom stereocenters. The molecule has 4 heterocycles. The number of hydrogen-bond donors (Lipinski definition) is 4. The lowest BCUT2D eigenvalue weighted by Crippen LogP contribution is -2.61. The molecule has 4 aliphatic heterocycles. The molecule has 0 radical (unpaired) electrons. The third kappa shape index (κ3) is 13.4. The number of carbonyl (C=O) groups excluding carboxylic acids is 4. The first kappa shape index (κ1) is 58.8. The Labute approximate surface area is 425 Å². The second-order valence-electron chi connectivity index (χ2n) is 21.2. The lowest BCUT2D eigenvalue weighted by atomic mass is 9.77. The van der Waals surface area contributed by atoms with Crippen molar-refractivity contribution in [3.05, 3.63) is 23.8 Å². The Hall–Kier alpha value is -4.06. The van der Waals surface area contributed by atoms with Crippen LogP contribution in [0.3, 0.4) is 0 Å². The molecule has 1 aromatic carbocycles. The van der Waals surface area contributed by atoms with E-state index in [0.717, 1.165) is 0 Å². The van der Waals surface area contributed by atoms with Crippen LogP contribution in [-0.4, -0.2) is 197 Å². The molecule has 0 aromatic heterocycles. The number of alkyl carbamates (subject to hydrolysis) is 1. The lowest BCUT2D eigenvalue weighted by Gasteiger charge is -2.49. The molecular weight excluding hydrogens is 941 g/mol. The zero-order valence-corrected chi connectivity index (χ0v) is 45.3. The number of nitrogens with zero attached hydrogens (tertiary/aromatic N) is 2. The summed E-state index contributed by atoms with van der Waals surface area (Å²) < 4.78 is 67.1. The molecule has 0 aliphatic carbocycles. The highest BCUT2D eigenvalue weighted by Gasteiger charge is 2.58. The summed E-state index contributed by atoms with van der Waals surface area (Å²) in [6, 6.07) is 4.05. The van der Waals surface area contributed by atoms with Gasteiger partial charge in [-0.25, -0.2) is 9.59 Å². The van der Waals surface area contributed by atoms with E-state index in [1.54, 1.807) is 52.8 Å². The van der Waals surface area contributed by atoms with Crippen LogP contribution in [0.2, 0.25) is 0 Å². The molecule has 0 unspecified atom stereocenters. The van der Waals surface area contributed by atoms with E-state index in [9.17, 15) is 29.4 Å². The minimum atomic E-state index is -1.63. The van der Waals surface area contributed by atoms with Gasteiger partial charge in [-0.05, 0) is 113 Å². The smallest absolute Gasteiger partial charge is 0.493 e. The average molecular weight is 1030 g/mol. The monoisotopic (exact) mass is 1020 g/mol. The molecule has 4 N–H and O–H groups in total. The number of hydrogen-bond acceptors (Lipinski definition) is 19. The molecule has 21 heteroatoms. The van der Waals surface area contributed by atoms with Crippen molar-refractivity contribution in [1.82, 2.24) is 20.4 Å². The van der Waals surface area contributed by atoms with E-state index in [1.165, 1.54) is 21.3 Å². The number of amides is 2. The van der Waals surface area contributed by atoms with E-state index in [4.69, 9.17) is 52.1 Å². The van der Waals surface area contributed by atoms with Crippen molar-refractivity contribution in [2.45, 2.75) is 185 Å². The molecule has 0 saturated carbocycles. The minimum Gasteiger partial charge on any atom is -0.493 e.